The lowest BCUT2D eigenvalue weighted by atomic mass is 9.64. The van der Waals surface area contributed by atoms with Crippen LogP contribution in [0.3, 0.4) is 0 Å². The topological polar surface area (TPSA) is 12.5 Å². The van der Waals surface area contributed by atoms with Gasteiger partial charge >= 0.3 is 0 Å². The molecule has 12 rings (SSSR count). The quantitative estimate of drug-likeness (QED) is 0.171. The number of hydrogen-bond acceptors (Lipinski definition) is 2. The van der Waals surface area contributed by atoms with E-state index >= 15 is 0 Å². The molecule has 4 aliphatic rings. The summed E-state index contributed by atoms with van der Waals surface area (Å²) in [5, 5.41) is 0. The van der Waals surface area contributed by atoms with E-state index in [-0.39, 0.29) is 5.41 Å². The van der Waals surface area contributed by atoms with Crippen molar-refractivity contribution in [2.75, 3.05) is 4.90 Å². The zero-order valence-corrected chi connectivity index (χ0v) is 35.7. The van der Waals surface area contributed by atoms with Gasteiger partial charge in [0.05, 0.1) is 5.41 Å². The number of fused-ring (bicyclic) bond motifs is 11. The standard InChI is InChI=1S/C58H42BrNO/c1-57(2)51-24-14-25-53(59)56(51)46-33-31-40(35-52(46)57)60(39-29-27-38(28-30-39)43-18-7-6-17-42(43)37-15-4-3-5-16-37)41-32-34-50-55(36-41)61-54-26-13-12-23-49(54)58(50)47-21-10-8-19-44(47)45-20-9-11-22-48(45)58/h3-10,12-21,23-36H,11,22H2,1-2H3. The number of allylic oxidation sites excluding steroid dienone is 4. The summed E-state index contributed by atoms with van der Waals surface area (Å²) in [4.78, 5) is 2.41. The van der Waals surface area contributed by atoms with Gasteiger partial charge in [-0.2, -0.15) is 0 Å². The second-order valence-electron chi connectivity index (χ2n) is 17.2. The summed E-state index contributed by atoms with van der Waals surface area (Å²) in [7, 11) is 0. The fraction of sp³-hybridized carbons (Fsp3) is 0.103. The van der Waals surface area contributed by atoms with E-state index in [4.69, 9.17) is 4.74 Å². The first-order valence-corrected chi connectivity index (χ1v) is 22.1. The van der Waals surface area contributed by atoms with E-state index < -0.39 is 5.41 Å². The van der Waals surface area contributed by atoms with Gasteiger partial charge in [-0.1, -0.05) is 175 Å². The predicted octanol–water partition coefficient (Wildman–Crippen LogP) is 16.1. The number of anilines is 3. The summed E-state index contributed by atoms with van der Waals surface area (Å²) in [6, 6.07) is 66.8. The lowest BCUT2D eigenvalue weighted by molar-refractivity contribution is 0.432. The molecule has 1 atom stereocenters. The smallest absolute Gasteiger partial charge is 0.134 e. The molecule has 0 N–H and O–H groups in total. The first-order valence-electron chi connectivity index (χ1n) is 21.3. The van der Waals surface area contributed by atoms with Gasteiger partial charge in [-0.05, 0) is 117 Å². The summed E-state index contributed by atoms with van der Waals surface area (Å²) in [5.74, 6) is 1.81. The maximum Gasteiger partial charge on any atom is 0.134 e. The highest BCUT2D eigenvalue weighted by atomic mass is 79.9. The van der Waals surface area contributed by atoms with E-state index in [0.717, 1.165) is 45.9 Å². The fourth-order valence-electron chi connectivity index (χ4n) is 11.0. The van der Waals surface area contributed by atoms with E-state index in [1.54, 1.807) is 0 Å². The number of halogens is 1. The number of nitrogens with zero attached hydrogens (tertiary/aromatic N) is 1. The average Bonchev–Trinajstić information content (AvgIpc) is 3.73. The molecule has 1 aliphatic heterocycles. The zero-order chi connectivity index (χ0) is 40.9. The minimum absolute atomic E-state index is 0.175. The molecule has 0 radical (unpaired) electrons. The first kappa shape index (κ1) is 36.2. The highest BCUT2D eigenvalue weighted by molar-refractivity contribution is 9.10. The molecule has 61 heavy (non-hydrogen) atoms. The van der Waals surface area contributed by atoms with Crippen molar-refractivity contribution in [3.8, 4) is 44.9 Å². The van der Waals surface area contributed by atoms with Crippen LogP contribution in [0.25, 0.3) is 39.0 Å². The molecule has 3 heteroatoms. The number of hydrogen-bond donors (Lipinski definition) is 0. The first-order chi connectivity index (χ1) is 29.9. The van der Waals surface area contributed by atoms with Gasteiger partial charge in [-0.15, -0.1) is 0 Å². The molecule has 8 aromatic rings. The molecule has 2 nitrogen and oxygen atoms in total. The van der Waals surface area contributed by atoms with Crippen LogP contribution >= 0.6 is 15.9 Å². The van der Waals surface area contributed by atoms with Crippen molar-refractivity contribution in [3.05, 3.63) is 238 Å². The molecule has 0 fully saturated rings. The molecule has 292 valence electrons. The van der Waals surface area contributed by atoms with E-state index in [9.17, 15) is 0 Å². The lowest BCUT2D eigenvalue weighted by Crippen LogP contribution is -2.33. The minimum atomic E-state index is -0.436. The Hall–Kier alpha value is -6.68. The van der Waals surface area contributed by atoms with Crippen LogP contribution in [0.1, 0.15) is 60.1 Å². The normalized spacial score (nSPS) is 17.2. The molecule has 1 unspecified atom stereocenters. The highest BCUT2D eigenvalue weighted by Gasteiger charge is 2.52. The van der Waals surface area contributed by atoms with Crippen molar-refractivity contribution in [1.82, 2.24) is 0 Å². The van der Waals surface area contributed by atoms with Gasteiger partial charge < -0.3 is 9.64 Å². The highest BCUT2D eigenvalue weighted by Crippen LogP contribution is 2.63. The Labute approximate surface area is 366 Å². The number of ether oxygens (including phenoxy) is 1. The Morgan fingerprint density at radius 2 is 1.11 bits per heavy atom. The largest absolute Gasteiger partial charge is 0.457 e. The molecular weight excluding hydrogens is 807 g/mol. The third kappa shape index (κ3) is 5.26. The van der Waals surface area contributed by atoms with Gasteiger partial charge in [-0.3, -0.25) is 0 Å². The van der Waals surface area contributed by atoms with Crippen LogP contribution in [-0.2, 0) is 10.8 Å². The fourth-order valence-corrected chi connectivity index (χ4v) is 11.6. The Morgan fingerprint density at radius 3 is 1.92 bits per heavy atom. The zero-order valence-electron chi connectivity index (χ0n) is 34.1. The van der Waals surface area contributed by atoms with Crippen LogP contribution in [0.2, 0.25) is 0 Å². The Bertz CT molecular complexity index is 3160. The lowest BCUT2D eigenvalue weighted by Gasteiger charge is -2.41. The summed E-state index contributed by atoms with van der Waals surface area (Å²) in [6.07, 6.45) is 6.72. The van der Waals surface area contributed by atoms with E-state index in [1.807, 2.05) is 0 Å². The SMILES string of the molecule is CC1(C)c2cc(N(c3ccc(-c4ccccc4-c4ccccc4)cc3)c3ccc4c(c3)Oc3ccccc3C43C4=C(C=CCC4)c4ccccc43)ccc2-c2c(Br)cccc21. The van der Waals surface area contributed by atoms with Crippen LogP contribution in [-0.4, -0.2) is 0 Å². The van der Waals surface area contributed by atoms with Gasteiger partial charge in [0.2, 0.25) is 0 Å². The van der Waals surface area contributed by atoms with Crippen molar-refractivity contribution in [3.63, 3.8) is 0 Å². The van der Waals surface area contributed by atoms with Crippen molar-refractivity contribution >= 4 is 38.6 Å². The van der Waals surface area contributed by atoms with Gasteiger partial charge in [0.1, 0.15) is 11.5 Å². The maximum absolute atomic E-state index is 7.04. The molecule has 8 aromatic carbocycles. The molecule has 1 heterocycles. The number of para-hydroxylation sites is 1. The van der Waals surface area contributed by atoms with Crippen molar-refractivity contribution in [1.29, 1.82) is 0 Å². The maximum atomic E-state index is 7.04. The van der Waals surface area contributed by atoms with Gasteiger partial charge in [0.15, 0.2) is 0 Å². The van der Waals surface area contributed by atoms with Crippen LogP contribution in [0.4, 0.5) is 17.1 Å². The van der Waals surface area contributed by atoms with Crippen LogP contribution in [0, 0.1) is 0 Å². The molecule has 0 aromatic heterocycles. The second kappa shape index (κ2) is 13.7. The monoisotopic (exact) mass is 847 g/mol. The van der Waals surface area contributed by atoms with Crippen LogP contribution in [0.15, 0.2) is 204 Å². The van der Waals surface area contributed by atoms with Gasteiger partial charge in [0, 0.05) is 49.7 Å². The van der Waals surface area contributed by atoms with Crippen molar-refractivity contribution in [2.24, 2.45) is 0 Å². The minimum Gasteiger partial charge on any atom is -0.457 e. The van der Waals surface area contributed by atoms with E-state index in [1.165, 1.54) is 77.9 Å². The van der Waals surface area contributed by atoms with E-state index in [0.29, 0.717) is 0 Å². The molecule has 1 spiro atoms. The Kier molecular flexibility index (Phi) is 8.11. The molecule has 0 saturated heterocycles. The molecule has 3 aliphatic carbocycles. The molecule has 0 saturated carbocycles. The summed E-state index contributed by atoms with van der Waals surface area (Å²) >= 11 is 3.91. The van der Waals surface area contributed by atoms with Gasteiger partial charge in [-0.25, -0.2) is 0 Å². The van der Waals surface area contributed by atoms with Crippen LogP contribution < -0.4 is 9.64 Å². The average molecular weight is 849 g/mol. The van der Waals surface area contributed by atoms with E-state index in [2.05, 4.69) is 229 Å². The number of rotatable bonds is 5. The Balaban J connectivity index is 1.05. The predicted molar refractivity (Wildman–Crippen MR) is 255 cm³/mol. The second-order valence-corrected chi connectivity index (χ2v) is 18.1. The summed E-state index contributed by atoms with van der Waals surface area (Å²) < 4.78 is 8.18. The summed E-state index contributed by atoms with van der Waals surface area (Å²) in [6.45, 7) is 4.70. The van der Waals surface area contributed by atoms with Crippen molar-refractivity contribution < 1.29 is 4.74 Å². The number of benzene rings is 8. The third-order valence-corrected chi connectivity index (χ3v) is 14.4. The molecule has 0 bridgehead atoms. The van der Waals surface area contributed by atoms with Crippen molar-refractivity contribution in [2.45, 2.75) is 37.5 Å². The van der Waals surface area contributed by atoms with Crippen LogP contribution in [0.5, 0.6) is 11.5 Å². The van der Waals surface area contributed by atoms with Gasteiger partial charge in [0.25, 0.3) is 0 Å². The molecular formula is C58H42BrNO. The third-order valence-electron chi connectivity index (χ3n) is 13.7. The molecule has 0 amide bonds. The Morgan fingerprint density at radius 1 is 0.492 bits per heavy atom. The summed E-state index contributed by atoms with van der Waals surface area (Å²) in [5.41, 5.74) is 20.6.